The minimum absolute atomic E-state index is 0.315. The summed E-state index contributed by atoms with van der Waals surface area (Å²) in [5.74, 6) is 0.464. The molecule has 5 nitrogen and oxygen atoms in total. The van der Waals surface area contributed by atoms with Gasteiger partial charge in [0, 0.05) is 41.4 Å². The van der Waals surface area contributed by atoms with Crippen molar-refractivity contribution in [3.8, 4) is 0 Å². The third kappa shape index (κ3) is 3.93. The van der Waals surface area contributed by atoms with Gasteiger partial charge in [-0.15, -0.1) is 0 Å². The van der Waals surface area contributed by atoms with Gasteiger partial charge in [-0.25, -0.2) is 4.98 Å². The van der Waals surface area contributed by atoms with Crippen molar-refractivity contribution in [2.24, 2.45) is 0 Å². The molecule has 2 unspecified atom stereocenters. The summed E-state index contributed by atoms with van der Waals surface area (Å²) in [4.78, 5) is 7.32. The molecule has 5 heteroatoms. The van der Waals surface area contributed by atoms with Crippen LogP contribution in [0.5, 0.6) is 0 Å². The summed E-state index contributed by atoms with van der Waals surface area (Å²) in [6, 6.07) is 12.2. The molecule has 0 fully saturated rings. The zero-order chi connectivity index (χ0) is 16.9. The number of fused-ring (bicyclic) bond motifs is 1. The molecule has 2 atom stereocenters. The van der Waals surface area contributed by atoms with Crippen molar-refractivity contribution in [1.29, 1.82) is 0 Å². The van der Waals surface area contributed by atoms with Gasteiger partial charge in [0.2, 0.25) is 0 Å². The lowest BCUT2D eigenvalue weighted by atomic mass is 10.0. The summed E-state index contributed by atoms with van der Waals surface area (Å²) in [6.45, 7) is 2.64. The maximum Gasteiger partial charge on any atom is 0.123 e. The third-order valence-corrected chi connectivity index (χ3v) is 4.38. The number of aromatic nitrogens is 2. The van der Waals surface area contributed by atoms with E-state index in [1.807, 2.05) is 12.1 Å². The van der Waals surface area contributed by atoms with E-state index in [2.05, 4.69) is 46.6 Å². The van der Waals surface area contributed by atoms with Crippen molar-refractivity contribution >= 4 is 16.7 Å². The summed E-state index contributed by atoms with van der Waals surface area (Å²) >= 11 is 0. The minimum atomic E-state index is -0.575. The molecular weight excluding hydrogens is 300 g/mol. The lowest BCUT2D eigenvalue weighted by molar-refractivity contribution is 0.169. The zero-order valence-electron chi connectivity index (χ0n) is 13.9. The molecule has 3 aromatic rings. The zero-order valence-corrected chi connectivity index (χ0v) is 13.9. The van der Waals surface area contributed by atoms with Crippen LogP contribution in [-0.4, -0.2) is 27.7 Å². The average molecular weight is 324 g/mol. The van der Waals surface area contributed by atoms with Gasteiger partial charge < -0.3 is 21.1 Å². The molecule has 0 aliphatic carbocycles. The Bertz CT molecular complexity index is 781. The number of nitrogens with one attached hydrogen (secondary N) is 2. The largest absolute Gasteiger partial charge is 0.387 e. The number of aryl methyl sites for hydroxylation is 1. The Labute approximate surface area is 141 Å². The van der Waals surface area contributed by atoms with E-state index < -0.39 is 6.10 Å². The van der Waals surface area contributed by atoms with Crippen LogP contribution in [0.4, 0.5) is 5.82 Å². The molecular formula is C19H24N4O. The van der Waals surface area contributed by atoms with Crippen LogP contribution >= 0.6 is 0 Å². The van der Waals surface area contributed by atoms with Crippen molar-refractivity contribution < 1.29 is 5.11 Å². The molecule has 1 aromatic carbocycles. The Kier molecular flexibility index (Phi) is 5.13. The first kappa shape index (κ1) is 16.5. The van der Waals surface area contributed by atoms with Gasteiger partial charge in [0.1, 0.15) is 5.82 Å². The van der Waals surface area contributed by atoms with Crippen LogP contribution in [0.2, 0.25) is 0 Å². The van der Waals surface area contributed by atoms with E-state index in [1.165, 1.54) is 16.5 Å². The number of pyridine rings is 1. The highest BCUT2D eigenvalue weighted by Crippen LogP contribution is 2.19. The van der Waals surface area contributed by atoms with Crippen molar-refractivity contribution in [2.45, 2.75) is 31.9 Å². The molecule has 0 aliphatic rings. The van der Waals surface area contributed by atoms with Crippen LogP contribution in [-0.2, 0) is 6.42 Å². The van der Waals surface area contributed by atoms with Gasteiger partial charge in [-0.05, 0) is 37.5 Å². The first-order valence-corrected chi connectivity index (χ1v) is 8.31. The Morgan fingerprint density at radius 1 is 1.25 bits per heavy atom. The number of nitrogens with zero attached hydrogens (tertiary/aromatic N) is 1. The highest BCUT2D eigenvalue weighted by atomic mass is 16.3. The summed E-state index contributed by atoms with van der Waals surface area (Å²) in [7, 11) is 0. The molecule has 0 radical (unpaired) electrons. The number of para-hydroxylation sites is 1. The molecule has 0 saturated heterocycles. The van der Waals surface area contributed by atoms with E-state index in [0.29, 0.717) is 18.4 Å². The molecule has 5 N–H and O–H groups in total. The second kappa shape index (κ2) is 7.47. The molecule has 0 amide bonds. The van der Waals surface area contributed by atoms with Gasteiger partial charge in [0.25, 0.3) is 0 Å². The second-order valence-electron chi connectivity index (χ2n) is 6.24. The first-order chi connectivity index (χ1) is 11.6. The number of benzene rings is 1. The molecule has 126 valence electrons. The third-order valence-electron chi connectivity index (χ3n) is 4.38. The summed E-state index contributed by atoms with van der Waals surface area (Å²) < 4.78 is 0. The molecule has 0 aliphatic heterocycles. The molecule has 0 saturated carbocycles. The Morgan fingerprint density at radius 2 is 2.08 bits per heavy atom. The molecule has 2 heterocycles. The quantitative estimate of drug-likeness (QED) is 0.538. The standard InChI is InChI=1S/C19H24N4O/c1-13(21-12-18(24)15-8-9-19(20)23-11-15)6-7-14-10-22-17-5-3-2-4-16(14)17/h2-5,8-11,13,18,21-22,24H,6-7,12H2,1H3,(H2,20,23). The maximum atomic E-state index is 10.2. The highest BCUT2D eigenvalue weighted by molar-refractivity contribution is 5.82. The number of anilines is 1. The predicted molar refractivity (Wildman–Crippen MR) is 97.7 cm³/mol. The van der Waals surface area contributed by atoms with Crippen molar-refractivity contribution in [3.05, 3.63) is 59.9 Å². The van der Waals surface area contributed by atoms with E-state index in [0.717, 1.165) is 18.4 Å². The number of aliphatic hydroxyl groups excluding tert-OH is 1. The lowest BCUT2D eigenvalue weighted by Gasteiger charge is -2.17. The van der Waals surface area contributed by atoms with E-state index in [-0.39, 0.29) is 0 Å². The monoisotopic (exact) mass is 324 g/mol. The molecule has 2 aromatic heterocycles. The summed E-state index contributed by atoms with van der Waals surface area (Å²) in [5, 5.41) is 14.9. The number of nitrogens with two attached hydrogens (primary N) is 1. The van der Waals surface area contributed by atoms with Crippen LogP contribution in [0.1, 0.15) is 30.6 Å². The maximum absolute atomic E-state index is 10.2. The molecule has 0 bridgehead atoms. The van der Waals surface area contributed by atoms with Crippen LogP contribution in [0, 0.1) is 0 Å². The Balaban J connectivity index is 1.49. The number of aromatic amines is 1. The normalized spacial score (nSPS) is 13.9. The van der Waals surface area contributed by atoms with Gasteiger partial charge >= 0.3 is 0 Å². The van der Waals surface area contributed by atoms with Crippen molar-refractivity contribution in [1.82, 2.24) is 15.3 Å². The molecule has 0 spiro atoms. The van der Waals surface area contributed by atoms with Crippen molar-refractivity contribution in [2.75, 3.05) is 12.3 Å². The van der Waals surface area contributed by atoms with Gasteiger partial charge in [-0.2, -0.15) is 0 Å². The topological polar surface area (TPSA) is 87.0 Å². The number of aliphatic hydroxyl groups is 1. The average Bonchev–Trinajstić information content (AvgIpc) is 3.01. The van der Waals surface area contributed by atoms with Crippen LogP contribution < -0.4 is 11.1 Å². The van der Waals surface area contributed by atoms with Gasteiger partial charge in [-0.1, -0.05) is 24.3 Å². The minimum Gasteiger partial charge on any atom is -0.387 e. The number of hydrogen-bond acceptors (Lipinski definition) is 4. The summed E-state index contributed by atoms with van der Waals surface area (Å²) in [6.07, 6.45) is 5.14. The first-order valence-electron chi connectivity index (χ1n) is 8.31. The number of nitrogen functional groups attached to an aromatic ring is 1. The fourth-order valence-electron chi connectivity index (χ4n) is 2.86. The Hall–Kier alpha value is -2.37. The van der Waals surface area contributed by atoms with E-state index >= 15 is 0 Å². The highest BCUT2D eigenvalue weighted by Gasteiger charge is 2.11. The SMILES string of the molecule is CC(CCc1c[nH]c2ccccc12)NCC(O)c1ccc(N)nc1. The smallest absolute Gasteiger partial charge is 0.123 e. The van der Waals surface area contributed by atoms with Crippen molar-refractivity contribution in [3.63, 3.8) is 0 Å². The second-order valence-corrected chi connectivity index (χ2v) is 6.24. The summed E-state index contributed by atoms with van der Waals surface area (Å²) in [5.41, 5.74) is 8.86. The number of hydrogen-bond donors (Lipinski definition) is 4. The van der Waals surface area contributed by atoms with E-state index in [4.69, 9.17) is 5.73 Å². The van der Waals surface area contributed by atoms with E-state index in [9.17, 15) is 5.11 Å². The Morgan fingerprint density at radius 3 is 2.88 bits per heavy atom. The van der Waals surface area contributed by atoms with Crippen LogP contribution in [0.25, 0.3) is 10.9 Å². The van der Waals surface area contributed by atoms with E-state index in [1.54, 1.807) is 12.3 Å². The van der Waals surface area contributed by atoms with Gasteiger partial charge in [0.15, 0.2) is 0 Å². The van der Waals surface area contributed by atoms with Gasteiger partial charge in [-0.3, -0.25) is 0 Å². The fourth-order valence-corrected chi connectivity index (χ4v) is 2.86. The number of rotatable bonds is 7. The van der Waals surface area contributed by atoms with Crippen LogP contribution in [0.15, 0.2) is 48.8 Å². The lowest BCUT2D eigenvalue weighted by Crippen LogP contribution is -2.30. The van der Waals surface area contributed by atoms with Gasteiger partial charge in [0.05, 0.1) is 6.10 Å². The predicted octanol–water partition coefficient (Wildman–Crippen LogP) is 2.79. The fraction of sp³-hybridized carbons (Fsp3) is 0.316. The van der Waals surface area contributed by atoms with Crippen LogP contribution in [0.3, 0.4) is 0 Å². The molecule has 24 heavy (non-hydrogen) atoms. The number of H-pyrrole nitrogens is 1. The molecule has 3 rings (SSSR count).